The molecule has 1 N–H and O–H groups in total. The van der Waals surface area contributed by atoms with Gasteiger partial charge in [-0.15, -0.1) is 0 Å². The second kappa shape index (κ2) is 7.41. The summed E-state index contributed by atoms with van der Waals surface area (Å²) in [7, 11) is 0. The van der Waals surface area contributed by atoms with E-state index in [0.717, 1.165) is 48.9 Å². The Morgan fingerprint density at radius 1 is 1.32 bits per heavy atom. The molecule has 0 aliphatic heterocycles. The van der Waals surface area contributed by atoms with Crippen molar-refractivity contribution < 1.29 is 10.0 Å². The van der Waals surface area contributed by atoms with Crippen molar-refractivity contribution in [2.24, 2.45) is 0 Å². The van der Waals surface area contributed by atoms with E-state index in [1.807, 2.05) is 6.92 Å². The van der Waals surface area contributed by atoms with E-state index in [4.69, 9.17) is 12.2 Å². The fourth-order valence-electron chi connectivity index (χ4n) is 3.45. The van der Waals surface area contributed by atoms with Gasteiger partial charge >= 0.3 is 0 Å². The number of fused-ring (bicyclic) bond motifs is 1. The second-order valence-electron chi connectivity index (χ2n) is 6.29. The zero-order chi connectivity index (χ0) is 18.0. The third-order valence-electron chi connectivity index (χ3n) is 4.81. The molecule has 2 aromatic rings. The summed E-state index contributed by atoms with van der Waals surface area (Å²) in [5.74, 6) is 0.682. The van der Waals surface area contributed by atoms with Gasteiger partial charge < -0.3 is 9.67 Å². The molecule has 1 aliphatic rings. The van der Waals surface area contributed by atoms with Crippen LogP contribution in [0.3, 0.4) is 0 Å². The molecule has 0 spiro atoms. The van der Waals surface area contributed by atoms with Gasteiger partial charge in [-0.1, -0.05) is 19.1 Å². The minimum absolute atomic E-state index is 0.0199. The third-order valence-corrected chi connectivity index (χ3v) is 5.14. The van der Waals surface area contributed by atoms with Gasteiger partial charge in [0.15, 0.2) is 0 Å². The van der Waals surface area contributed by atoms with Crippen LogP contribution in [-0.2, 0) is 12.8 Å². The smallest absolute Gasteiger partial charge is 0.269 e. The Hall–Kier alpha value is -2.12. The standard InChI is InChI=1S/C18H21N3O3S/c1-2-13(11-22)20-16-6-4-3-5-15(16)18(25)19-17(20)12-7-9-14(10-8-12)21(23)24/h7-10,13,22H,2-6,11H2,1H3. The van der Waals surface area contributed by atoms with Crippen molar-refractivity contribution in [2.75, 3.05) is 6.61 Å². The lowest BCUT2D eigenvalue weighted by Gasteiger charge is -2.29. The van der Waals surface area contributed by atoms with Crippen LogP contribution in [-0.4, -0.2) is 26.2 Å². The number of nitro benzene ring substituents is 1. The number of aliphatic hydroxyl groups excluding tert-OH is 1. The summed E-state index contributed by atoms with van der Waals surface area (Å²) in [6.07, 6.45) is 4.80. The fraction of sp³-hybridized carbons (Fsp3) is 0.444. The van der Waals surface area contributed by atoms with E-state index in [9.17, 15) is 15.2 Å². The van der Waals surface area contributed by atoms with Crippen LogP contribution in [0.5, 0.6) is 0 Å². The van der Waals surface area contributed by atoms with Gasteiger partial charge in [-0.25, -0.2) is 4.98 Å². The topological polar surface area (TPSA) is 81.2 Å². The van der Waals surface area contributed by atoms with Gasteiger partial charge in [0.25, 0.3) is 5.69 Å². The molecular formula is C18H21N3O3S. The van der Waals surface area contributed by atoms with Gasteiger partial charge in [-0.3, -0.25) is 10.1 Å². The predicted molar refractivity (Wildman–Crippen MR) is 98.2 cm³/mol. The largest absolute Gasteiger partial charge is 0.394 e. The first-order chi connectivity index (χ1) is 12.1. The van der Waals surface area contributed by atoms with E-state index >= 15 is 0 Å². The maximum atomic E-state index is 10.9. The summed E-state index contributed by atoms with van der Waals surface area (Å²) in [6, 6.07) is 6.27. The van der Waals surface area contributed by atoms with E-state index < -0.39 is 4.92 Å². The molecule has 6 nitrogen and oxygen atoms in total. The van der Waals surface area contributed by atoms with E-state index in [1.54, 1.807) is 12.1 Å². The zero-order valence-corrected chi connectivity index (χ0v) is 15.0. The lowest BCUT2D eigenvalue weighted by atomic mass is 9.95. The van der Waals surface area contributed by atoms with Crippen molar-refractivity contribution in [3.8, 4) is 11.4 Å². The Kier molecular flexibility index (Phi) is 5.24. The molecule has 25 heavy (non-hydrogen) atoms. The Balaban J connectivity index is 2.22. The van der Waals surface area contributed by atoms with Gasteiger partial charge in [-0.05, 0) is 44.2 Å². The summed E-state index contributed by atoms with van der Waals surface area (Å²) < 4.78 is 2.71. The molecule has 0 fully saturated rings. The first kappa shape index (κ1) is 17.7. The van der Waals surface area contributed by atoms with Crippen molar-refractivity contribution in [3.63, 3.8) is 0 Å². The minimum atomic E-state index is -0.417. The van der Waals surface area contributed by atoms with Crippen LogP contribution in [0.2, 0.25) is 0 Å². The lowest BCUT2D eigenvalue weighted by molar-refractivity contribution is -0.384. The molecular weight excluding hydrogens is 338 g/mol. The fourth-order valence-corrected chi connectivity index (χ4v) is 3.76. The molecule has 0 amide bonds. The predicted octanol–water partition coefficient (Wildman–Crippen LogP) is 4.01. The number of benzene rings is 1. The molecule has 0 radical (unpaired) electrons. The van der Waals surface area contributed by atoms with E-state index in [0.29, 0.717) is 10.5 Å². The molecule has 1 unspecified atom stereocenters. The maximum Gasteiger partial charge on any atom is 0.269 e. The average Bonchev–Trinajstić information content (AvgIpc) is 2.64. The normalized spacial score (nSPS) is 14.8. The number of nitrogens with zero attached hydrogens (tertiary/aromatic N) is 3. The van der Waals surface area contributed by atoms with Gasteiger partial charge in [0.2, 0.25) is 0 Å². The Morgan fingerprint density at radius 3 is 2.60 bits per heavy atom. The van der Waals surface area contributed by atoms with Crippen molar-refractivity contribution >= 4 is 17.9 Å². The summed E-state index contributed by atoms with van der Waals surface area (Å²) in [4.78, 5) is 15.1. The van der Waals surface area contributed by atoms with Crippen LogP contribution in [0.25, 0.3) is 11.4 Å². The zero-order valence-electron chi connectivity index (χ0n) is 14.1. The maximum absolute atomic E-state index is 10.9. The first-order valence-corrected chi connectivity index (χ1v) is 8.97. The van der Waals surface area contributed by atoms with Crippen LogP contribution in [0, 0.1) is 14.8 Å². The molecule has 1 aromatic carbocycles. The summed E-state index contributed by atoms with van der Waals surface area (Å²) in [5, 5.41) is 20.8. The highest BCUT2D eigenvalue weighted by molar-refractivity contribution is 7.71. The second-order valence-corrected chi connectivity index (χ2v) is 6.68. The number of nitro groups is 1. The van der Waals surface area contributed by atoms with E-state index in [-0.39, 0.29) is 18.3 Å². The SMILES string of the molecule is CCC(CO)n1c(-c2ccc([N+](=O)[O-])cc2)nc(=S)c2c1CCCC2. The van der Waals surface area contributed by atoms with Gasteiger partial charge in [0.05, 0.1) is 17.6 Å². The molecule has 0 saturated heterocycles. The quantitative estimate of drug-likeness (QED) is 0.495. The highest BCUT2D eigenvalue weighted by Gasteiger charge is 2.23. The van der Waals surface area contributed by atoms with Crippen molar-refractivity contribution in [3.05, 3.63) is 50.3 Å². The van der Waals surface area contributed by atoms with Crippen LogP contribution >= 0.6 is 12.2 Å². The molecule has 0 bridgehead atoms. The molecule has 132 valence electrons. The molecule has 1 aromatic heterocycles. The first-order valence-electron chi connectivity index (χ1n) is 8.56. The summed E-state index contributed by atoms with van der Waals surface area (Å²) in [6.45, 7) is 2.05. The molecule has 1 heterocycles. The average molecular weight is 359 g/mol. The molecule has 0 saturated carbocycles. The minimum Gasteiger partial charge on any atom is -0.394 e. The third kappa shape index (κ3) is 3.34. The van der Waals surface area contributed by atoms with Crippen molar-refractivity contribution in [1.29, 1.82) is 0 Å². The number of hydrogen-bond donors (Lipinski definition) is 1. The summed E-state index contributed by atoms with van der Waals surface area (Å²) in [5.41, 5.74) is 3.08. The van der Waals surface area contributed by atoms with Crippen molar-refractivity contribution in [1.82, 2.24) is 9.55 Å². The molecule has 3 rings (SSSR count). The highest BCUT2D eigenvalue weighted by Crippen LogP contribution is 2.31. The van der Waals surface area contributed by atoms with Crippen LogP contribution in [0.15, 0.2) is 24.3 Å². The Bertz CT molecular complexity index is 842. The Morgan fingerprint density at radius 2 is 2.00 bits per heavy atom. The number of hydrogen-bond acceptors (Lipinski definition) is 5. The lowest BCUT2D eigenvalue weighted by Crippen LogP contribution is -2.24. The van der Waals surface area contributed by atoms with Gasteiger partial charge in [-0.2, -0.15) is 0 Å². The van der Waals surface area contributed by atoms with Crippen LogP contribution < -0.4 is 0 Å². The number of rotatable bonds is 5. The highest BCUT2D eigenvalue weighted by atomic mass is 32.1. The molecule has 1 aliphatic carbocycles. The van der Waals surface area contributed by atoms with Crippen LogP contribution in [0.1, 0.15) is 43.5 Å². The Labute approximate surface area is 151 Å². The monoisotopic (exact) mass is 359 g/mol. The van der Waals surface area contributed by atoms with Crippen LogP contribution in [0.4, 0.5) is 5.69 Å². The van der Waals surface area contributed by atoms with Gasteiger partial charge in [0.1, 0.15) is 10.5 Å². The van der Waals surface area contributed by atoms with Gasteiger partial charge in [0, 0.05) is 29.0 Å². The number of non-ortho nitro benzene ring substituents is 1. The number of aromatic nitrogens is 2. The van der Waals surface area contributed by atoms with Crippen molar-refractivity contribution in [2.45, 2.75) is 45.1 Å². The van der Waals surface area contributed by atoms with E-state index in [2.05, 4.69) is 9.55 Å². The number of aliphatic hydroxyl groups is 1. The molecule has 1 atom stereocenters. The van der Waals surface area contributed by atoms with E-state index in [1.165, 1.54) is 12.1 Å². The molecule has 7 heteroatoms. The summed E-state index contributed by atoms with van der Waals surface area (Å²) >= 11 is 5.52.